The second-order valence-corrected chi connectivity index (χ2v) is 8.87. The van der Waals surface area contributed by atoms with Crippen LogP contribution in [0.5, 0.6) is 5.88 Å². The molecular formula is C26H29N7O3. The Balaban J connectivity index is 1.28. The molecule has 0 unspecified atom stereocenters. The summed E-state index contributed by atoms with van der Waals surface area (Å²) in [5, 5.41) is 0. The van der Waals surface area contributed by atoms with Gasteiger partial charge < -0.3 is 23.8 Å². The highest BCUT2D eigenvalue weighted by molar-refractivity contribution is 5.83. The molecule has 1 atom stereocenters. The van der Waals surface area contributed by atoms with Crippen LogP contribution in [-0.4, -0.2) is 81.8 Å². The third kappa shape index (κ3) is 5.44. The first-order valence-electron chi connectivity index (χ1n) is 11.9. The molecule has 10 heteroatoms. The third-order valence-corrected chi connectivity index (χ3v) is 6.14. The topological polar surface area (TPSA) is 98.5 Å². The second kappa shape index (κ2) is 10.7. The van der Waals surface area contributed by atoms with Crippen molar-refractivity contribution in [2.24, 2.45) is 0 Å². The van der Waals surface area contributed by atoms with E-state index in [2.05, 4.69) is 15.0 Å². The van der Waals surface area contributed by atoms with Gasteiger partial charge in [0.25, 0.3) is 0 Å². The van der Waals surface area contributed by atoms with Crippen molar-refractivity contribution in [2.75, 3.05) is 45.3 Å². The van der Waals surface area contributed by atoms with Crippen molar-refractivity contribution in [3.63, 3.8) is 0 Å². The lowest BCUT2D eigenvalue weighted by molar-refractivity contribution is -0.140. The first kappa shape index (κ1) is 23.7. The minimum atomic E-state index is -0.257. The zero-order valence-corrected chi connectivity index (χ0v) is 20.4. The average molecular weight is 488 g/mol. The maximum Gasteiger partial charge on any atom is 0.242 e. The molecule has 1 aliphatic rings. The molecule has 10 nitrogen and oxygen atoms in total. The van der Waals surface area contributed by atoms with Crippen LogP contribution in [0.4, 0.5) is 5.69 Å². The Labute approximate surface area is 209 Å². The van der Waals surface area contributed by atoms with Crippen molar-refractivity contribution in [2.45, 2.75) is 19.1 Å². The molecule has 0 radical (unpaired) electrons. The number of aryl methyl sites for hydroxylation is 1. The number of benzene rings is 1. The van der Waals surface area contributed by atoms with E-state index in [0.29, 0.717) is 49.6 Å². The maximum atomic E-state index is 12.7. The minimum absolute atomic E-state index is 0.0922. The molecule has 3 aromatic heterocycles. The van der Waals surface area contributed by atoms with Crippen molar-refractivity contribution in [3.05, 3.63) is 61.4 Å². The van der Waals surface area contributed by atoms with Crippen molar-refractivity contribution in [1.29, 1.82) is 0 Å². The molecule has 1 saturated heterocycles. The molecule has 4 heterocycles. The highest BCUT2D eigenvalue weighted by atomic mass is 16.5. The van der Waals surface area contributed by atoms with Gasteiger partial charge in [-0.25, -0.2) is 15.0 Å². The SMILES string of the molecule is CN(C)c1ccc(-c2cc3nccnc3c(OC[C@@H]3CN(C(=O)CCn4ccnc4)CCO3)n2)cc1. The number of morpholine rings is 1. The average Bonchev–Trinajstić information content (AvgIpc) is 3.44. The molecule has 1 aliphatic heterocycles. The van der Waals surface area contributed by atoms with Gasteiger partial charge in [0.05, 0.1) is 30.7 Å². The van der Waals surface area contributed by atoms with E-state index in [0.717, 1.165) is 16.9 Å². The number of rotatable bonds is 8. The number of amides is 1. The fourth-order valence-corrected chi connectivity index (χ4v) is 4.14. The van der Waals surface area contributed by atoms with Gasteiger partial charge in [0, 0.05) is 69.6 Å². The lowest BCUT2D eigenvalue weighted by atomic mass is 10.1. The number of ether oxygens (including phenoxy) is 2. The summed E-state index contributed by atoms with van der Waals surface area (Å²) in [6.07, 6.45) is 8.72. The Hall–Kier alpha value is -4.05. The Kier molecular flexibility index (Phi) is 7.03. The van der Waals surface area contributed by atoms with Crippen LogP contribution in [0.3, 0.4) is 0 Å². The predicted octanol–water partition coefficient (Wildman–Crippen LogP) is 2.65. The van der Waals surface area contributed by atoms with Gasteiger partial charge >= 0.3 is 0 Å². The summed E-state index contributed by atoms with van der Waals surface area (Å²) in [4.78, 5) is 34.3. The van der Waals surface area contributed by atoms with Crippen molar-refractivity contribution in [3.8, 4) is 17.1 Å². The molecule has 186 valence electrons. The van der Waals surface area contributed by atoms with Gasteiger partial charge in [-0.2, -0.15) is 0 Å². The van der Waals surface area contributed by atoms with Crippen molar-refractivity contribution in [1.82, 2.24) is 29.4 Å². The van der Waals surface area contributed by atoms with Gasteiger partial charge in [-0.15, -0.1) is 0 Å². The molecule has 0 saturated carbocycles. The number of aromatic nitrogens is 5. The fourth-order valence-electron chi connectivity index (χ4n) is 4.14. The summed E-state index contributed by atoms with van der Waals surface area (Å²) < 4.78 is 13.9. The molecule has 1 aromatic carbocycles. The molecule has 1 amide bonds. The first-order valence-corrected chi connectivity index (χ1v) is 11.9. The van der Waals surface area contributed by atoms with Gasteiger partial charge in [0.15, 0.2) is 5.52 Å². The Morgan fingerprint density at radius 1 is 1.17 bits per heavy atom. The minimum Gasteiger partial charge on any atom is -0.473 e. The molecule has 0 aliphatic carbocycles. The monoisotopic (exact) mass is 487 g/mol. The highest BCUT2D eigenvalue weighted by Crippen LogP contribution is 2.28. The zero-order chi connectivity index (χ0) is 24.9. The van der Waals surface area contributed by atoms with Gasteiger partial charge in [-0.1, -0.05) is 12.1 Å². The van der Waals surface area contributed by atoms with Crippen LogP contribution >= 0.6 is 0 Å². The summed E-state index contributed by atoms with van der Waals surface area (Å²) in [5.41, 5.74) is 4.12. The van der Waals surface area contributed by atoms with Crippen LogP contribution in [0, 0.1) is 0 Å². The molecule has 0 spiro atoms. The molecule has 4 aromatic rings. The van der Waals surface area contributed by atoms with Crippen LogP contribution in [0.15, 0.2) is 61.4 Å². The van der Waals surface area contributed by atoms with Crippen LogP contribution in [-0.2, 0) is 16.1 Å². The Morgan fingerprint density at radius 2 is 2.00 bits per heavy atom. The Bertz CT molecular complexity index is 1310. The van der Waals surface area contributed by atoms with Crippen molar-refractivity contribution >= 4 is 22.6 Å². The third-order valence-electron chi connectivity index (χ3n) is 6.14. The standard InChI is InChI=1S/C26H29N7O3/c1-31(2)20-5-3-19(4-6-20)22-15-23-25(29-9-8-28-23)26(30-22)36-17-21-16-33(13-14-35-21)24(34)7-11-32-12-10-27-18-32/h3-6,8-10,12,15,18,21H,7,11,13-14,16-17H2,1-2H3/t21-/m0/s1. The quantitative estimate of drug-likeness (QED) is 0.374. The Morgan fingerprint density at radius 3 is 2.78 bits per heavy atom. The number of nitrogens with zero attached hydrogens (tertiary/aromatic N) is 7. The van der Waals surface area contributed by atoms with Gasteiger partial charge in [-0.05, 0) is 18.2 Å². The van der Waals surface area contributed by atoms with Crippen LogP contribution in [0.2, 0.25) is 0 Å². The van der Waals surface area contributed by atoms with E-state index in [9.17, 15) is 4.79 Å². The van der Waals surface area contributed by atoms with E-state index in [1.54, 1.807) is 24.9 Å². The smallest absolute Gasteiger partial charge is 0.242 e. The van der Waals surface area contributed by atoms with E-state index in [1.165, 1.54) is 0 Å². The molecule has 0 bridgehead atoms. The molecule has 36 heavy (non-hydrogen) atoms. The number of hydrogen-bond donors (Lipinski definition) is 0. The van der Waals surface area contributed by atoms with Crippen LogP contribution < -0.4 is 9.64 Å². The van der Waals surface area contributed by atoms with E-state index in [1.807, 2.05) is 65.0 Å². The number of hydrogen-bond acceptors (Lipinski definition) is 8. The number of fused-ring (bicyclic) bond motifs is 1. The van der Waals surface area contributed by atoms with Crippen LogP contribution in [0.25, 0.3) is 22.3 Å². The normalized spacial score (nSPS) is 15.7. The van der Waals surface area contributed by atoms with Gasteiger partial charge in [0.1, 0.15) is 12.7 Å². The number of carbonyl (C=O) groups excluding carboxylic acids is 1. The van der Waals surface area contributed by atoms with Crippen LogP contribution in [0.1, 0.15) is 6.42 Å². The molecule has 1 fully saturated rings. The lowest BCUT2D eigenvalue weighted by Crippen LogP contribution is -2.47. The highest BCUT2D eigenvalue weighted by Gasteiger charge is 2.25. The number of carbonyl (C=O) groups is 1. The largest absolute Gasteiger partial charge is 0.473 e. The molecule has 5 rings (SSSR count). The second-order valence-electron chi connectivity index (χ2n) is 8.87. The molecule has 0 N–H and O–H groups in total. The van der Waals surface area contributed by atoms with E-state index < -0.39 is 0 Å². The number of pyridine rings is 1. The summed E-state index contributed by atoms with van der Waals surface area (Å²) in [5.74, 6) is 0.494. The van der Waals surface area contributed by atoms with E-state index in [-0.39, 0.29) is 18.6 Å². The number of anilines is 1. The summed E-state index contributed by atoms with van der Waals surface area (Å²) in [7, 11) is 4.01. The van der Waals surface area contributed by atoms with Gasteiger partial charge in [-0.3, -0.25) is 9.78 Å². The summed E-state index contributed by atoms with van der Waals surface area (Å²) >= 11 is 0. The zero-order valence-electron chi connectivity index (χ0n) is 20.4. The van der Waals surface area contributed by atoms with Crippen molar-refractivity contribution < 1.29 is 14.3 Å². The summed E-state index contributed by atoms with van der Waals surface area (Å²) in [6.45, 7) is 2.38. The lowest BCUT2D eigenvalue weighted by Gasteiger charge is -2.33. The fraction of sp³-hybridized carbons (Fsp3) is 0.346. The van der Waals surface area contributed by atoms with Gasteiger partial charge in [0.2, 0.25) is 11.8 Å². The first-order chi connectivity index (χ1) is 17.6. The predicted molar refractivity (Wildman–Crippen MR) is 136 cm³/mol. The van der Waals surface area contributed by atoms with E-state index in [4.69, 9.17) is 14.5 Å². The number of imidazole rings is 1. The van der Waals surface area contributed by atoms with E-state index >= 15 is 0 Å². The maximum absolute atomic E-state index is 12.7. The summed E-state index contributed by atoms with van der Waals surface area (Å²) in [6, 6.07) is 10.1. The molecular weight excluding hydrogens is 458 g/mol.